The second-order valence-electron chi connectivity index (χ2n) is 4.81. The normalized spacial score (nSPS) is 15.0. The molecule has 21 heavy (non-hydrogen) atoms. The van der Waals surface area contributed by atoms with Crippen LogP contribution in [0.4, 0.5) is 24.9 Å². The molecule has 0 atom stereocenters. The van der Waals surface area contributed by atoms with Crippen LogP contribution < -0.4 is 10.6 Å². The van der Waals surface area contributed by atoms with Crippen molar-refractivity contribution in [1.82, 2.24) is 9.97 Å². The van der Waals surface area contributed by atoms with Crippen molar-refractivity contribution in [3.63, 3.8) is 0 Å². The molecule has 0 unspecified atom stereocenters. The average molecular weight is 314 g/mol. The second-order valence-corrected chi connectivity index (χ2v) is 5.84. The van der Waals surface area contributed by atoms with Crippen LogP contribution in [0, 0.1) is 0 Å². The first kappa shape index (κ1) is 14.1. The largest absolute Gasteiger partial charge is 0.433 e. The van der Waals surface area contributed by atoms with Gasteiger partial charge in [-0.3, -0.25) is 0 Å². The first-order valence-electron chi connectivity index (χ1n) is 6.50. The van der Waals surface area contributed by atoms with Crippen LogP contribution >= 0.6 is 11.3 Å². The molecule has 0 radical (unpaired) electrons. The van der Waals surface area contributed by atoms with Gasteiger partial charge in [0.1, 0.15) is 5.82 Å². The summed E-state index contributed by atoms with van der Waals surface area (Å²) in [7, 11) is 0. The van der Waals surface area contributed by atoms with E-state index >= 15 is 0 Å². The van der Waals surface area contributed by atoms with Gasteiger partial charge in [-0.25, -0.2) is 4.98 Å². The van der Waals surface area contributed by atoms with Gasteiger partial charge in [-0.1, -0.05) is 6.07 Å². The van der Waals surface area contributed by atoms with E-state index < -0.39 is 11.9 Å². The number of anilines is 2. The first-order chi connectivity index (χ1) is 10.0. The Hall–Kier alpha value is -1.83. The van der Waals surface area contributed by atoms with E-state index in [-0.39, 0.29) is 17.8 Å². The number of nitrogens with zero attached hydrogens (tertiary/aromatic N) is 2. The molecule has 1 aliphatic rings. The van der Waals surface area contributed by atoms with Crippen LogP contribution in [0.5, 0.6) is 0 Å². The van der Waals surface area contributed by atoms with Crippen molar-refractivity contribution in [3.05, 3.63) is 34.2 Å². The van der Waals surface area contributed by atoms with Crippen molar-refractivity contribution in [2.75, 3.05) is 10.6 Å². The lowest BCUT2D eigenvalue weighted by Gasteiger charge is -2.12. The highest BCUT2D eigenvalue weighted by atomic mass is 32.1. The van der Waals surface area contributed by atoms with E-state index in [1.807, 2.05) is 17.5 Å². The third-order valence-electron chi connectivity index (χ3n) is 2.95. The standard InChI is InChI=1S/C13H13F3N4S/c14-13(15,16)10-6-11(17-7-9-2-1-5-21-9)20-12(19-10)18-8-3-4-8/h1-2,5-6,8H,3-4,7H2,(H2,17,18,19,20). The van der Waals surface area contributed by atoms with Crippen molar-refractivity contribution < 1.29 is 13.2 Å². The molecule has 2 aromatic rings. The second kappa shape index (κ2) is 5.51. The minimum atomic E-state index is -4.48. The minimum absolute atomic E-state index is 0.0287. The van der Waals surface area contributed by atoms with E-state index in [1.54, 1.807) is 0 Å². The predicted molar refractivity (Wildman–Crippen MR) is 75.3 cm³/mol. The van der Waals surface area contributed by atoms with E-state index in [4.69, 9.17) is 0 Å². The van der Waals surface area contributed by atoms with Gasteiger partial charge in [-0.15, -0.1) is 11.3 Å². The fourth-order valence-corrected chi connectivity index (χ4v) is 2.39. The molecule has 2 aromatic heterocycles. The van der Waals surface area contributed by atoms with Crippen LogP contribution in [-0.4, -0.2) is 16.0 Å². The third-order valence-corrected chi connectivity index (χ3v) is 3.83. The number of hydrogen-bond donors (Lipinski definition) is 2. The molecule has 4 nitrogen and oxygen atoms in total. The Kier molecular flexibility index (Phi) is 3.71. The van der Waals surface area contributed by atoms with Gasteiger partial charge in [0.15, 0.2) is 5.69 Å². The molecule has 1 aliphatic carbocycles. The Morgan fingerprint density at radius 2 is 2.10 bits per heavy atom. The molecular formula is C13H13F3N4S. The molecule has 2 N–H and O–H groups in total. The van der Waals surface area contributed by atoms with Crippen LogP contribution in [0.3, 0.4) is 0 Å². The Morgan fingerprint density at radius 1 is 1.29 bits per heavy atom. The van der Waals surface area contributed by atoms with Crippen LogP contribution in [0.1, 0.15) is 23.4 Å². The zero-order chi connectivity index (χ0) is 14.9. The summed E-state index contributed by atoms with van der Waals surface area (Å²) in [6.07, 6.45) is -2.60. The van der Waals surface area contributed by atoms with Gasteiger partial charge in [-0.2, -0.15) is 18.2 Å². The fourth-order valence-electron chi connectivity index (χ4n) is 1.75. The monoisotopic (exact) mass is 314 g/mol. The van der Waals surface area contributed by atoms with Crippen LogP contribution in [0.25, 0.3) is 0 Å². The van der Waals surface area contributed by atoms with Crippen LogP contribution in [0.2, 0.25) is 0 Å². The highest BCUT2D eigenvalue weighted by Crippen LogP contribution is 2.31. The van der Waals surface area contributed by atoms with Gasteiger partial charge in [-0.05, 0) is 24.3 Å². The molecule has 112 valence electrons. The molecule has 3 rings (SSSR count). The van der Waals surface area contributed by atoms with Gasteiger partial charge in [0.05, 0.1) is 6.54 Å². The minimum Gasteiger partial charge on any atom is -0.365 e. The highest BCUT2D eigenvalue weighted by molar-refractivity contribution is 7.09. The number of aromatic nitrogens is 2. The van der Waals surface area contributed by atoms with E-state index in [2.05, 4.69) is 20.6 Å². The Balaban J connectivity index is 1.79. The molecule has 0 aromatic carbocycles. The Labute approximate surface area is 123 Å². The van der Waals surface area contributed by atoms with E-state index in [0.29, 0.717) is 6.54 Å². The topological polar surface area (TPSA) is 49.8 Å². The summed E-state index contributed by atoms with van der Waals surface area (Å²) in [6.45, 7) is 0.439. The smallest absolute Gasteiger partial charge is 0.365 e. The average Bonchev–Trinajstić information content (AvgIpc) is 3.07. The Morgan fingerprint density at radius 3 is 2.71 bits per heavy atom. The maximum atomic E-state index is 12.9. The summed E-state index contributed by atoms with van der Waals surface area (Å²) in [5.41, 5.74) is -0.936. The van der Waals surface area contributed by atoms with E-state index in [9.17, 15) is 13.2 Å². The van der Waals surface area contributed by atoms with Crippen molar-refractivity contribution >= 4 is 23.1 Å². The van der Waals surface area contributed by atoms with Crippen molar-refractivity contribution in [2.24, 2.45) is 0 Å². The van der Waals surface area contributed by atoms with Gasteiger partial charge in [0, 0.05) is 17.0 Å². The SMILES string of the molecule is FC(F)(F)c1cc(NCc2cccs2)nc(NC2CC2)n1. The van der Waals surface area contributed by atoms with Crippen molar-refractivity contribution in [3.8, 4) is 0 Å². The molecule has 8 heteroatoms. The number of rotatable bonds is 5. The summed E-state index contributed by atoms with van der Waals surface area (Å²) in [4.78, 5) is 8.67. The quantitative estimate of drug-likeness (QED) is 0.882. The molecule has 0 bridgehead atoms. The lowest BCUT2D eigenvalue weighted by Crippen LogP contribution is -2.14. The summed E-state index contributed by atoms with van der Waals surface area (Å²) < 4.78 is 38.6. The van der Waals surface area contributed by atoms with Crippen molar-refractivity contribution in [1.29, 1.82) is 0 Å². The molecule has 0 amide bonds. The number of halogens is 3. The lowest BCUT2D eigenvalue weighted by atomic mass is 10.3. The van der Waals surface area contributed by atoms with E-state index in [0.717, 1.165) is 23.8 Å². The molecule has 2 heterocycles. The number of thiophene rings is 1. The summed E-state index contributed by atoms with van der Waals surface area (Å²) in [5, 5.41) is 7.73. The Bertz CT molecular complexity index is 608. The van der Waals surface area contributed by atoms with Gasteiger partial charge >= 0.3 is 6.18 Å². The maximum Gasteiger partial charge on any atom is 0.433 e. The van der Waals surface area contributed by atoms with Crippen molar-refractivity contribution in [2.45, 2.75) is 31.6 Å². The fraction of sp³-hybridized carbons (Fsp3) is 0.385. The predicted octanol–water partition coefficient (Wildman–Crippen LogP) is 3.74. The summed E-state index contributed by atoms with van der Waals surface area (Å²) in [6, 6.07) is 4.93. The molecule has 0 saturated heterocycles. The van der Waals surface area contributed by atoms with Crippen LogP contribution in [-0.2, 0) is 12.7 Å². The van der Waals surface area contributed by atoms with Gasteiger partial charge in [0.2, 0.25) is 5.95 Å². The van der Waals surface area contributed by atoms with Crippen LogP contribution in [0.15, 0.2) is 23.6 Å². The van der Waals surface area contributed by atoms with Gasteiger partial charge in [0.25, 0.3) is 0 Å². The molecule has 1 saturated carbocycles. The number of nitrogens with one attached hydrogen (secondary N) is 2. The highest BCUT2D eigenvalue weighted by Gasteiger charge is 2.34. The third kappa shape index (κ3) is 3.84. The van der Waals surface area contributed by atoms with Gasteiger partial charge < -0.3 is 10.6 Å². The zero-order valence-electron chi connectivity index (χ0n) is 10.9. The number of alkyl halides is 3. The molecular weight excluding hydrogens is 301 g/mol. The maximum absolute atomic E-state index is 12.9. The summed E-state index contributed by atoms with van der Waals surface area (Å²) in [5.74, 6) is 0.204. The lowest BCUT2D eigenvalue weighted by molar-refractivity contribution is -0.141. The molecule has 1 fully saturated rings. The molecule has 0 spiro atoms. The number of hydrogen-bond acceptors (Lipinski definition) is 5. The van der Waals surface area contributed by atoms with E-state index in [1.165, 1.54) is 11.3 Å². The zero-order valence-corrected chi connectivity index (χ0v) is 11.8. The molecule has 0 aliphatic heterocycles. The summed E-state index contributed by atoms with van der Waals surface area (Å²) >= 11 is 1.53. The first-order valence-corrected chi connectivity index (χ1v) is 7.38.